The molecule has 0 aliphatic heterocycles. The molecule has 0 radical (unpaired) electrons. The molecule has 1 aromatic heterocycles. The Hall–Kier alpha value is -2.24. The van der Waals surface area contributed by atoms with Crippen molar-refractivity contribution in [1.29, 1.82) is 0 Å². The Morgan fingerprint density at radius 3 is 2.88 bits per heavy atom. The minimum absolute atomic E-state index is 0.0218. The first-order valence-corrected chi connectivity index (χ1v) is 8.60. The first-order chi connectivity index (χ1) is 12.1. The van der Waals surface area contributed by atoms with Gasteiger partial charge in [0.15, 0.2) is 5.78 Å². The normalized spacial score (nSPS) is 25.6. The summed E-state index contributed by atoms with van der Waals surface area (Å²) in [4.78, 5) is 24.1. The monoisotopic (exact) mass is 340 g/mol. The van der Waals surface area contributed by atoms with Crippen LogP contribution in [0.3, 0.4) is 0 Å². The van der Waals surface area contributed by atoms with E-state index >= 15 is 0 Å². The zero-order valence-electron chi connectivity index (χ0n) is 13.8. The second kappa shape index (κ2) is 6.58. The summed E-state index contributed by atoms with van der Waals surface area (Å²) in [7, 11) is 0. The molecule has 1 N–H and O–H groups in total. The number of carbonyl (C=O) groups excluding carboxylic acids is 2. The number of fused-ring (bicyclic) bond motifs is 1. The highest BCUT2D eigenvalue weighted by atomic mass is 16.5. The number of aliphatic hydroxyl groups excluding tert-OH is 1. The van der Waals surface area contributed by atoms with E-state index in [1.807, 2.05) is 24.3 Å². The summed E-state index contributed by atoms with van der Waals surface area (Å²) in [6.45, 7) is 0.551. The van der Waals surface area contributed by atoms with Gasteiger partial charge in [-0.05, 0) is 29.7 Å². The highest BCUT2D eigenvalue weighted by Gasteiger charge is 2.42. The third kappa shape index (κ3) is 3.05. The van der Waals surface area contributed by atoms with Crippen LogP contribution in [0.4, 0.5) is 0 Å². The summed E-state index contributed by atoms with van der Waals surface area (Å²) < 4.78 is 10.9. The molecule has 2 aliphatic carbocycles. The summed E-state index contributed by atoms with van der Waals surface area (Å²) in [6.07, 6.45) is 2.30. The van der Waals surface area contributed by atoms with Gasteiger partial charge >= 0.3 is 0 Å². The zero-order chi connectivity index (χ0) is 17.4. The first kappa shape index (κ1) is 16.2. The van der Waals surface area contributed by atoms with E-state index < -0.39 is 6.10 Å². The molecule has 0 spiro atoms. The Morgan fingerprint density at radius 2 is 2.08 bits per heavy atom. The molecule has 2 unspecified atom stereocenters. The van der Waals surface area contributed by atoms with Gasteiger partial charge < -0.3 is 14.3 Å². The molecule has 2 aliphatic rings. The van der Waals surface area contributed by atoms with Crippen molar-refractivity contribution in [3.63, 3.8) is 0 Å². The number of ketones is 2. The lowest BCUT2D eigenvalue weighted by Crippen LogP contribution is -2.23. The van der Waals surface area contributed by atoms with Crippen molar-refractivity contribution in [3.8, 4) is 0 Å². The molecule has 130 valence electrons. The summed E-state index contributed by atoms with van der Waals surface area (Å²) in [5.74, 6) is 0.236. The van der Waals surface area contributed by atoms with Gasteiger partial charge in [0.2, 0.25) is 0 Å². The number of carbonyl (C=O) groups is 2. The fourth-order valence-electron chi connectivity index (χ4n) is 3.97. The van der Waals surface area contributed by atoms with Crippen LogP contribution in [0.5, 0.6) is 0 Å². The largest absolute Gasteiger partial charge is 0.467 e. The molecule has 25 heavy (non-hydrogen) atoms. The van der Waals surface area contributed by atoms with Crippen molar-refractivity contribution < 1.29 is 23.8 Å². The fraction of sp³-hybridized carbons (Fsp3) is 0.400. The molecule has 0 saturated heterocycles. The summed E-state index contributed by atoms with van der Waals surface area (Å²) in [6, 6.07) is 9.29. The van der Waals surface area contributed by atoms with E-state index in [1.54, 1.807) is 12.3 Å². The van der Waals surface area contributed by atoms with Crippen molar-refractivity contribution in [2.45, 2.75) is 37.9 Å². The predicted octanol–water partition coefficient (Wildman–Crippen LogP) is 2.66. The van der Waals surface area contributed by atoms with E-state index in [1.165, 1.54) is 0 Å². The molecule has 1 fully saturated rings. The Kier molecular flexibility index (Phi) is 4.27. The topological polar surface area (TPSA) is 76.7 Å². The molecule has 5 heteroatoms. The van der Waals surface area contributed by atoms with E-state index in [4.69, 9.17) is 9.15 Å². The average molecular weight is 340 g/mol. The van der Waals surface area contributed by atoms with Crippen LogP contribution < -0.4 is 0 Å². The third-order valence-electron chi connectivity index (χ3n) is 5.23. The molecule has 4 rings (SSSR count). The van der Waals surface area contributed by atoms with Gasteiger partial charge in [-0.2, -0.15) is 0 Å². The van der Waals surface area contributed by atoms with Crippen LogP contribution in [-0.4, -0.2) is 29.4 Å². The van der Waals surface area contributed by atoms with Gasteiger partial charge in [-0.3, -0.25) is 9.59 Å². The summed E-state index contributed by atoms with van der Waals surface area (Å²) in [5, 5.41) is 10.4. The molecule has 0 amide bonds. The predicted molar refractivity (Wildman–Crippen MR) is 89.3 cm³/mol. The molecule has 0 bridgehead atoms. The maximum atomic E-state index is 12.3. The zero-order valence-corrected chi connectivity index (χ0v) is 13.8. The van der Waals surface area contributed by atoms with Gasteiger partial charge in [-0.25, -0.2) is 0 Å². The number of rotatable bonds is 5. The third-order valence-corrected chi connectivity index (χ3v) is 5.23. The lowest BCUT2D eigenvalue weighted by Gasteiger charge is -2.22. The van der Waals surface area contributed by atoms with Crippen molar-refractivity contribution in [2.24, 2.45) is 5.92 Å². The van der Waals surface area contributed by atoms with Crippen LogP contribution >= 0.6 is 0 Å². The Bertz CT molecular complexity index is 792. The van der Waals surface area contributed by atoms with Crippen LogP contribution in [-0.2, 0) is 22.6 Å². The molecule has 5 nitrogen and oxygen atoms in total. The first-order valence-electron chi connectivity index (χ1n) is 8.60. The molecule has 3 atom stereocenters. The van der Waals surface area contributed by atoms with Crippen LogP contribution in [0, 0.1) is 5.92 Å². The molecular formula is C20H20O5. The Labute approximate surface area is 145 Å². The minimum atomic E-state index is -0.708. The van der Waals surface area contributed by atoms with E-state index in [9.17, 15) is 14.7 Å². The SMILES string of the molecule is O=C1CCc2cc(C3C(COCc4ccco4)C(=O)C[C@H]3O)ccc21. The highest BCUT2D eigenvalue weighted by molar-refractivity contribution is 6.00. The number of benzene rings is 1. The lowest BCUT2D eigenvalue weighted by molar-refractivity contribution is -0.123. The van der Waals surface area contributed by atoms with Crippen molar-refractivity contribution in [1.82, 2.24) is 0 Å². The lowest BCUT2D eigenvalue weighted by atomic mass is 9.86. The van der Waals surface area contributed by atoms with Crippen LogP contribution in [0.2, 0.25) is 0 Å². The van der Waals surface area contributed by atoms with E-state index in [0.717, 1.165) is 23.1 Å². The van der Waals surface area contributed by atoms with Crippen molar-refractivity contribution in [3.05, 3.63) is 59.0 Å². The molecule has 1 saturated carbocycles. The average Bonchev–Trinajstić information content (AvgIpc) is 3.29. The number of Topliss-reactive ketones (excluding diaryl/α,β-unsaturated/α-hetero) is 2. The second-order valence-corrected chi connectivity index (χ2v) is 6.80. The quantitative estimate of drug-likeness (QED) is 0.905. The number of ether oxygens (including phenoxy) is 1. The number of hydrogen-bond donors (Lipinski definition) is 1. The van der Waals surface area contributed by atoms with Crippen LogP contribution in [0.25, 0.3) is 0 Å². The van der Waals surface area contributed by atoms with Gasteiger partial charge in [0, 0.05) is 24.3 Å². The van der Waals surface area contributed by atoms with E-state index in [-0.39, 0.29) is 36.4 Å². The Morgan fingerprint density at radius 1 is 1.20 bits per heavy atom. The minimum Gasteiger partial charge on any atom is -0.467 e. The maximum absolute atomic E-state index is 12.3. The van der Waals surface area contributed by atoms with Gasteiger partial charge in [0.25, 0.3) is 0 Å². The molecule has 1 aromatic carbocycles. The number of hydrogen-bond acceptors (Lipinski definition) is 5. The molecular weight excluding hydrogens is 320 g/mol. The van der Waals surface area contributed by atoms with Crippen LogP contribution in [0.15, 0.2) is 41.0 Å². The van der Waals surface area contributed by atoms with E-state index in [0.29, 0.717) is 18.8 Å². The number of aryl methyl sites for hydroxylation is 1. The van der Waals surface area contributed by atoms with Crippen molar-refractivity contribution in [2.75, 3.05) is 6.61 Å². The smallest absolute Gasteiger partial charge is 0.163 e. The summed E-state index contributed by atoms with van der Waals surface area (Å²) in [5.41, 5.74) is 2.70. The van der Waals surface area contributed by atoms with Crippen molar-refractivity contribution >= 4 is 11.6 Å². The van der Waals surface area contributed by atoms with Gasteiger partial charge in [-0.15, -0.1) is 0 Å². The molecule has 1 heterocycles. The maximum Gasteiger partial charge on any atom is 0.163 e. The molecule has 2 aromatic rings. The number of furan rings is 1. The van der Waals surface area contributed by atoms with Gasteiger partial charge in [0.05, 0.1) is 24.9 Å². The Balaban J connectivity index is 1.52. The van der Waals surface area contributed by atoms with Crippen LogP contribution in [0.1, 0.15) is 46.0 Å². The highest BCUT2D eigenvalue weighted by Crippen LogP contribution is 2.39. The standard InChI is InChI=1S/C20H20O5/c21-17-6-4-12-8-13(3-5-15(12)17)20-16(18(22)9-19(20)23)11-24-10-14-2-1-7-25-14/h1-3,5,7-8,16,19-20,23H,4,6,9-11H2/t16?,19-,20?/m1/s1. The van der Waals surface area contributed by atoms with Gasteiger partial charge in [-0.1, -0.05) is 18.2 Å². The number of aliphatic hydroxyl groups is 1. The fourth-order valence-corrected chi connectivity index (χ4v) is 3.97. The summed E-state index contributed by atoms with van der Waals surface area (Å²) >= 11 is 0. The van der Waals surface area contributed by atoms with Gasteiger partial charge in [0.1, 0.15) is 18.2 Å². The van der Waals surface area contributed by atoms with E-state index in [2.05, 4.69) is 0 Å². The second-order valence-electron chi connectivity index (χ2n) is 6.80.